The van der Waals surface area contributed by atoms with Crippen molar-refractivity contribution in [2.24, 2.45) is 0 Å². The van der Waals surface area contributed by atoms with Gasteiger partial charge in [-0.25, -0.2) is 0 Å². The van der Waals surface area contributed by atoms with Crippen LogP contribution in [-0.2, 0) is 10.6 Å². The van der Waals surface area contributed by atoms with Crippen LogP contribution in [0.4, 0.5) is 5.69 Å². The van der Waals surface area contributed by atoms with E-state index in [1.165, 1.54) is 0 Å². The number of methoxy groups -OCH3 is 1. The largest absolute Gasteiger partial charge is 0.383 e. The van der Waals surface area contributed by atoms with E-state index in [1.807, 2.05) is 18.2 Å². The molecule has 0 saturated carbocycles. The third kappa shape index (κ3) is 3.55. The molecule has 2 nitrogen and oxygen atoms in total. The Morgan fingerprint density at radius 3 is 2.62 bits per heavy atom. The van der Waals surface area contributed by atoms with Gasteiger partial charge in [-0.2, -0.15) is 0 Å². The van der Waals surface area contributed by atoms with Crippen LogP contribution in [0, 0.1) is 0 Å². The van der Waals surface area contributed by atoms with Gasteiger partial charge in [-0.1, -0.05) is 17.7 Å². The van der Waals surface area contributed by atoms with Crippen LogP contribution in [0.15, 0.2) is 18.2 Å². The molecule has 0 aliphatic carbocycles. The Kier molecular flexibility index (Phi) is 5.96. The van der Waals surface area contributed by atoms with Crippen LogP contribution in [0.2, 0.25) is 5.02 Å². The Balaban J connectivity index is 2.80. The number of benzene rings is 1. The maximum atomic E-state index is 6.12. The highest BCUT2D eigenvalue weighted by Crippen LogP contribution is 2.24. The Bertz CT molecular complexity index is 331. The summed E-state index contributed by atoms with van der Waals surface area (Å²) in [5.41, 5.74) is 2.08. The van der Waals surface area contributed by atoms with Gasteiger partial charge >= 0.3 is 0 Å². The molecule has 0 atom stereocenters. The van der Waals surface area contributed by atoms with Gasteiger partial charge in [0.2, 0.25) is 0 Å². The summed E-state index contributed by atoms with van der Waals surface area (Å²) in [4.78, 5) is 2.22. The minimum atomic E-state index is 0.448. The minimum absolute atomic E-state index is 0.448. The molecule has 0 spiro atoms. The van der Waals surface area contributed by atoms with Crippen molar-refractivity contribution in [2.75, 3.05) is 31.7 Å². The molecule has 16 heavy (non-hydrogen) atoms. The van der Waals surface area contributed by atoms with E-state index in [4.69, 9.17) is 27.9 Å². The van der Waals surface area contributed by atoms with E-state index in [0.717, 1.165) is 29.4 Å². The minimum Gasteiger partial charge on any atom is -0.383 e. The fourth-order valence-electron chi connectivity index (χ4n) is 1.51. The van der Waals surface area contributed by atoms with Crippen molar-refractivity contribution in [2.45, 2.75) is 12.8 Å². The summed E-state index contributed by atoms with van der Waals surface area (Å²) in [6, 6.07) is 5.97. The number of rotatable bonds is 6. The fourth-order valence-corrected chi connectivity index (χ4v) is 2.06. The lowest BCUT2D eigenvalue weighted by molar-refractivity contribution is 0.205. The van der Waals surface area contributed by atoms with Gasteiger partial charge in [0, 0.05) is 36.8 Å². The van der Waals surface area contributed by atoms with Crippen LogP contribution in [0.25, 0.3) is 0 Å². The molecule has 1 rings (SSSR count). The highest BCUT2D eigenvalue weighted by atomic mass is 35.5. The molecule has 0 saturated heterocycles. The predicted molar refractivity (Wildman–Crippen MR) is 70.8 cm³/mol. The standard InChI is InChI=1S/C12H17Cl2NO/c1-3-15(6-7-16-2)11-5-4-10(9-13)12(14)8-11/h4-5,8H,3,6-7,9H2,1-2H3. The highest BCUT2D eigenvalue weighted by Gasteiger charge is 2.06. The average Bonchev–Trinajstić information content (AvgIpc) is 2.30. The first-order valence-electron chi connectivity index (χ1n) is 5.31. The van der Waals surface area contributed by atoms with Crippen molar-refractivity contribution in [1.82, 2.24) is 0 Å². The molecule has 4 heteroatoms. The molecular weight excluding hydrogens is 245 g/mol. The first kappa shape index (κ1) is 13.6. The molecule has 0 aromatic heterocycles. The Hall–Kier alpha value is -0.440. The van der Waals surface area contributed by atoms with Crippen molar-refractivity contribution >= 4 is 28.9 Å². The van der Waals surface area contributed by atoms with Gasteiger partial charge in [-0.05, 0) is 24.6 Å². The number of likely N-dealkylation sites (N-methyl/N-ethyl adjacent to an activating group) is 1. The third-order valence-corrected chi connectivity index (χ3v) is 3.13. The average molecular weight is 262 g/mol. The van der Waals surface area contributed by atoms with Gasteiger partial charge in [-0.3, -0.25) is 0 Å². The van der Waals surface area contributed by atoms with E-state index in [9.17, 15) is 0 Å². The molecule has 0 aliphatic heterocycles. The summed E-state index contributed by atoms with van der Waals surface area (Å²) in [6.07, 6.45) is 0. The van der Waals surface area contributed by atoms with Crippen LogP contribution in [0.1, 0.15) is 12.5 Å². The first-order valence-corrected chi connectivity index (χ1v) is 6.22. The van der Waals surface area contributed by atoms with Crippen molar-refractivity contribution in [3.63, 3.8) is 0 Å². The second kappa shape index (κ2) is 7.00. The van der Waals surface area contributed by atoms with Crippen LogP contribution >= 0.6 is 23.2 Å². The maximum Gasteiger partial charge on any atom is 0.0637 e. The number of nitrogens with zero attached hydrogens (tertiary/aromatic N) is 1. The Labute approximate surface area is 107 Å². The lowest BCUT2D eigenvalue weighted by Crippen LogP contribution is -2.26. The molecule has 0 fully saturated rings. The lowest BCUT2D eigenvalue weighted by Gasteiger charge is -2.23. The molecule has 90 valence electrons. The van der Waals surface area contributed by atoms with Crippen LogP contribution in [-0.4, -0.2) is 26.8 Å². The topological polar surface area (TPSA) is 12.5 Å². The van der Waals surface area contributed by atoms with Gasteiger partial charge in [0.15, 0.2) is 0 Å². The van der Waals surface area contributed by atoms with Crippen LogP contribution in [0.3, 0.4) is 0 Å². The quantitative estimate of drug-likeness (QED) is 0.727. The lowest BCUT2D eigenvalue weighted by atomic mass is 10.2. The van der Waals surface area contributed by atoms with E-state index in [2.05, 4.69) is 11.8 Å². The van der Waals surface area contributed by atoms with Crippen molar-refractivity contribution in [1.29, 1.82) is 0 Å². The second-order valence-corrected chi connectivity index (χ2v) is 4.16. The molecule has 0 bridgehead atoms. The summed E-state index contributed by atoms with van der Waals surface area (Å²) in [5, 5.41) is 0.725. The van der Waals surface area contributed by atoms with E-state index in [1.54, 1.807) is 7.11 Å². The summed E-state index contributed by atoms with van der Waals surface area (Å²) < 4.78 is 5.08. The molecule has 1 aromatic rings. The molecule has 0 radical (unpaired) electrons. The SMILES string of the molecule is CCN(CCOC)c1ccc(CCl)c(Cl)c1. The zero-order valence-electron chi connectivity index (χ0n) is 9.67. The van der Waals surface area contributed by atoms with Gasteiger partial charge in [-0.15, -0.1) is 11.6 Å². The van der Waals surface area contributed by atoms with Crippen molar-refractivity contribution in [3.8, 4) is 0 Å². The summed E-state index contributed by atoms with van der Waals surface area (Å²) in [5.74, 6) is 0.448. The Morgan fingerprint density at radius 1 is 1.38 bits per heavy atom. The molecule has 1 aromatic carbocycles. The van der Waals surface area contributed by atoms with Crippen LogP contribution < -0.4 is 4.90 Å². The highest BCUT2D eigenvalue weighted by molar-refractivity contribution is 6.32. The molecule has 0 N–H and O–H groups in total. The maximum absolute atomic E-state index is 6.12. The van der Waals surface area contributed by atoms with E-state index >= 15 is 0 Å². The summed E-state index contributed by atoms with van der Waals surface area (Å²) >= 11 is 11.9. The molecule has 0 heterocycles. The van der Waals surface area contributed by atoms with Crippen molar-refractivity contribution < 1.29 is 4.74 Å². The normalized spacial score (nSPS) is 10.5. The number of halogens is 2. The summed E-state index contributed by atoms with van der Waals surface area (Å²) in [7, 11) is 1.71. The Morgan fingerprint density at radius 2 is 2.12 bits per heavy atom. The molecule has 0 unspecified atom stereocenters. The number of ether oxygens (including phenoxy) is 1. The van der Waals surface area contributed by atoms with E-state index < -0.39 is 0 Å². The third-order valence-electron chi connectivity index (χ3n) is 2.49. The van der Waals surface area contributed by atoms with E-state index in [-0.39, 0.29) is 0 Å². The van der Waals surface area contributed by atoms with Crippen molar-refractivity contribution in [3.05, 3.63) is 28.8 Å². The number of anilines is 1. The number of hydrogen-bond acceptors (Lipinski definition) is 2. The zero-order chi connectivity index (χ0) is 12.0. The number of alkyl halides is 1. The van der Waals surface area contributed by atoms with Crippen LogP contribution in [0.5, 0.6) is 0 Å². The number of hydrogen-bond donors (Lipinski definition) is 0. The monoisotopic (exact) mass is 261 g/mol. The smallest absolute Gasteiger partial charge is 0.0637 e. The molecule has 0 amide bonds. The summed E-state index contributed by atoms with van der Waals surface area (Å²) in [6.45, 7) is 4.62. The van der Waals surface area contributed by atoms with E-state index in [0.29, 0.717) is 12.5 Å². The zero-order valence-corrected chi connectivity index (χ0v) is 11.2. The molecule has 0 aliphatic rings. The van der Waals surface area contributed by atoms with Gasteiger partial charge < -0.3 is 9.64 Å². The molecular formula is C12H17Cl2NO. The second-order valence-electron chi connectivity index (χ2n) is 3.48. The van der Waals surface area contributed by atoms with Gasteiger partial charge in [0.05, 0.1) is 6.61 Å². The fraction of sp³-hybridized carbons (Fsp3) is 0.500. The predicted octanol–water partition coefficient (Wildman–Crippen LogP) is 3.55. The first-order chi connectivity index (χ1) is 7.72. The van der Waals surface area contributed by atoms with Gasteiger partial charge in [0.25, 0.3) is 0 Å². The van der Waals surface area contributed by atoms with Gasteiger partial charge in [0.1, 0.15) is 0 Å².